The Morgan fingerprint density at radius 2 is 1.89 bits per heavy atom. The molecule has 0 aliphatic carbocycles. The predicted molar refractivity (Wildman–Crippen MR) is 58.3 cm³/mol. The van der Waals surface area contributed by atoms with Gasteiger partial charge in [-0.1, -0.05) is 6.92 Å². The summed E-state index contributed by atoms with van der Waals surface area (Å²) in [7, 11) is 0. The molecule has 0 bridgehead atoms. The van der Waals surface area contributed by atoms with Crippen molar-refractivity contribution in [3.8, 4) is 5.75 Å². The fourth-order valence-electron chi connectivity index (χ4n) is 1.34. The van der Waals surface area contributed by atoms with Gasteiger partial charge in [-0.3, -0.25) is 0 Å². The number of hydrogen-bond donors (Lipinski definition) is 1. The van der Waals surface area contributed by atoms with E-state index in [0.717, 1.165) is 13.8 Å². The van der Waals surface area contributed by atoms with E-state index in [1.54, 1.807) is 0 Å². The number of carboxylic acids is 1. The van der Waals surface area contributed by atoms with Gasteiger partial charge in [-0.05, 0) is 13.0 Å². The van der Waals surface area contributed by atoms with Crippen LogP contribution in [0, 0.1) is 11.6 Å². The molecule has 0 aliphatic rings. The number of carbonyl (C=O) groups is 1. The lowest BCUT2D eigenvalue weighted by Crippen LogP contribution is -2.25. The first kappa shape index (κ1) is 15.3. The number of rotatable bonds is 5. The van der Waals surface area contributed by atoms with Gasteiger partial charge in [-0.2, -0.15) is 0 Å². The molecular formula is C12H12F4O3. The Bertz CT molecular complexity index is 488. The Morgan fingerprint density at radius 1 is 1.37 bits per heavy atom. The summed E-state index contributed by atoms with van der Waals surface area (Å²) in [5.41, 5.74) is -0.873. The molecule has 106 valence electrons. The summed E-state index contributed by atoms with van der Waals surface area (Å²) in [4.78, 5) is 10.6. The van der Waals surface area contributed by atoms with Crippen LogP contribution in [0.4, 0.5) is 17.6 Å². The third kappa shape index (κ3) is 3.36. The molecule has 1 N–H and O–H groups in total. The maximum atomic E-state index is 13.6. The van der Waals surface area contributed by atoms with Crippen LogP contribution in [0.15, 0.2) is 12.1 Å². The van der Waals surface area contributed by atoms with Crippen molar-refractivity contribution in [3.63, 3.8) is 0 Å². The van der Waals surface area contributed by atoms with Crippen molar-refractivity contribution in [1.29, 1.82) is 0 Å². The quantitative estimate of drug-likeness (QED) is 0.842. The molecule has 1 atom stereocenters. The summed E-state index contributed by atoms with van der Waals surface area (Å²) in [5, 5.41) is 8.64. The Hall–Kier alpha value is -1.79. The smallest absolute Gasteiger partial charge is 0.344 e. The van der Waals surface area contributed by atoms with Gasteiger partial charge in [0, 0.05) is 12.5 Å². The lowest BCUT2D eigenvalue weighted by Gasteiger charge is -2.20. The molecule has 7 heteroatoms. The van der Waals surface area contributed by atoms with Gasteiger partial charge in [0.25, 0.3) is 5.92 Å². The number of ether oxygens (including phenoxy) is 1. The average molecular weight is 280 g/mol. The maximum absolute atomic E-state index is 13.6. The zero-order valence-corrected chi connectivity index (χ0v) is 10.2. The number of aliphatic carboxylic acids is 1. The van der Waals surface area contributed by atoms with Gasteiger partial charge in [0.2, 0.25) is 0 Å². The SMILES string of the molecule is CCC(F)(F)c1cc(F)c(F)cc1O[C@@H](C)C(=O)O. The van der Waals surface area contributed by atoms with Crippen LogP contribution in [-0.4, -0.2) is 17.2 Å². The predicted octanol–water partition coefficient (Wildman–Crippen LogP) is 3.32. The molecule has 3 nitrogen and oxygen atoms in total. The molecule has 0 heterocycles. The van der Waals surface area contributed by atoms with Crippen molar-refractivity contribution in [2.75, 3.05) is 0 Å². The van der Waals surface area contributed by atoms with E-state index < -0.39 is 47.4 Å². The first-order chi connectivity index (χ1) is 8.69. The van der Waals surface area contributed by atoms with E-state index in [1.807, 2.05) is 0 Å². The van der Waals surface area contributed by atoms with Gasteiger partial charge < -0.3 is 9.84 Å². The highest BCUT2D eigenvalue weighted by Crippen LogP contribution is 2.39. The van der Waals surface area contributed by atoms with E-state index in [0.29, 0.717) is 12.1 Å². The Balaban J connectivity index is 3.28. The number of carboxylic acid groups (broad SMARTS) is 1. The zero-order valence-electron chi connectivity index (χ0n) is 10.2. The fraction of sp³-hybridized carbons (Fsp3) is 0.417. The van der Waals surface area contributed by atoms with Crippen LogP contribution >= 0.6 is 0 Å². The van der Waals surface area contributed by atoms with Crippen LogP contribution < -0.4 is 4.74 Å². The van der Waals surface area contributed by atoms with Gasteiger partial charge in [0.05, 0.1) is 5.56 Å². The molecule has 0 aromatic heterocycles. The molecule has 1 aromatic rings. The van der Waals surface area contributed by atoms with E-state index in [1.165, 1.54) is 0 Å². The molecule has 0 fully saturated rings. The van der Waals surface area contributed by atoms with Crippen molar-refractivity contribution in [2.45, 2.75) is 32.3 Å². The van der Waals surface area contributed by atoms with Crippen LogP contribution in [0.3, 0.4) is 0 Å². The van der Waals surface area contributed by atoms with Crippen molar-refractivity contribution in [3.05, 3.63) is 29.3 Å². The summed E-state index contributed by atoms with van der Waals surface area (Å²) in [6.07, 6.45) is -2.12. The molecule has 0 unspecified atom stereocenters. The second-order valence-corrected chi connectivity index (χ2v) is 3.92. The third-order valence-electron chi connectivity index (χ3n) is 2.51. The van der Waals surface area contributed by atoms with E-state index in [2.05, 4.69) is 0 Å². The second-order valence-electron chi connectivity index (χ2n) is 3.92. The van der Waals surface area contributed by atoms with Crippen LogP contribution in [-0.2, 0) is 10.7 Å². The minimum absolute atomic E-state index is 0.322. The number of alkyl halides is 2. The summed E-state index contributed by atoms with van der Waals surface area (Å²) in [6, 6.07) is 0.746. The van der Waals surface area contributed by atoms with E-state index in [9.17, 15) is 22.4 Å². The lowest BCUT2D eigenvalue weighted by molar-refractivity contribution is -0.144. The minimum Gasteiger partial charge on any atom is -0.479 e. The lowest BCUT2D eigenvalue weighted by atomic mass is 10.0. The van der Waals surface area contributed by atoms with Crippen LogP contribution in [0.1, 0.15) is 25.8 Å². The Morgan fingerprint density at radius 3 is 2.37 bits per heavy atom. The van der Waals surface area contributed by atoms with Crippen LogP contribution in [0.5, 0.6) is 5.75 Å². The fourth-order valence-corrected chi connectivity index (χ4v) is 1.34. The van der Waals surface area contributed by atoms with E-state index >= 15 is 0 Å². The van der Waals surface area contributed by atoms with Gasteiger partial charge in [0.1, 0.15) is 5.75 Å². The highest BCUT2D eigenvalue weighted by molar-refractivity contribution is 5.72. The minimum atomic E-state index is -3.44. The van der Waals surface area contributed by atoms with E-state index in [-0.39, 0.29) is 0 Å². The molecule has 1 aromatic carbocycles. The molecule has 1 rings (SSSR count). The standard InChI is InChI=1S/C12H12F4O3/c1-3-12(15,16)7-4-8(13)9(14)5-10(7)19-6(2)11(17)18/h4-6H,3H2,1-2H3,(H,17,18)/t6-/m0/s1. The topological polar surface area (TPSA) is 46.5 Å². The van der Waals surface area contributed by atoms with Crippen molar-refractivity contribution >= 4 is 5.97 Å². The third-order valence-corrected chi connectivity index (χ3v) is 2.51. The average Bonchev–Trinajstić information content (AvgIpc) is 2.33. The summed E-state index contributed by atoms with van der Waals surface area (Å²) in [5.74, 6) is -8.36. The molecule has 0 aliphatic heterocycles. The molecule has 0 spiro atoms. The molecule has 0 amide bonds. The number of hydrogen-bond acceptors (Lipinski definition) is 2. The molecule has 0 radical (unpaired) electrons. The van der Waals surface area contributed by atoms with Crippen LogP contribution in [0.2, 0.25) is 0 Å². The van der Waals surface area contributed by atoms with Crippen molar-refractivity contribution in [1.82, 2.24) is 0 Å². The summed E-state index contributed by atoms with van der Waals surface area (Å²) in [6.45, 7) is 2.25. The first-order valence-corrected chi connectivity index (χ1v) is 5.45. The Kier molecular flexibility index (Phi) is 4.39. The highest BCUT2D eigenvalue weighted by Gasteiger charge is 2.35. The molecular weight excluding hydrogens is 268 g/mol. The summed E-state index contributed by atoms with van der Waals surface area (Å²) >= 11 is 0. The molecule has 0 saturated heterocycles. The maximum Gasteiger partial charge on any atom is 0.344 e. The number of halogens is 4. The monoisotopic (exact) mass is 280 g/mol. The largest absolute Gasteiger partial charge is 0.479 e. The number of benzene rings is 1. The van der Waals surface area contributed by atoms with Crippen LogP contribution in [0.25, 0.3) is 0 Å². The van der Waals surface area contributed by atoms with Gasteiger partial charge in [0.15, 0.2) is 17.7 Å². The first-order valence-electron chi connectivity index (χ1n) is 5.45. The second kappa shape index (κ2) is 5.46. The molecule has 0 saturated carbocycles. The van der Waals surface area contributed by atoms with Gasteiger partial charge in [-0.15, -0.1) is 0 Å². The van der Waals surface area contributed by atoms with E-state index in [4.69, 9.17) is 9.84 Å². The zero-order chi connectivity index (χ0) is 14.8. The normalized spacial score (nSPS) is 13.2. The van der Waals surface area contributed by atoms with Gasteiger partial charge >= 0.3 is 5.97 Å². The van der Waals surface area contributed by atoms with Crippen molar-refractivity contribution in [2.24, 2.45) is 0 Å². The molecule has 19 heavy (non-hydrogen) atoms. The highest BCUT2D eigenvalue weighted by atomic mass is 19.3. The summed E-state index contributed by atoms with van der Waals surface area (Å²) < 4.78 is 58.0. The Labute approximate surface area is 106 Å². The van der Waals surface area contributed by atoms with Gasteiger partial charge in [-0.25, -0.2) is 22.4 Å². The van der Waals surface area contributed by atoms with Crippen molar-refractivity contribution < 1.29 is 32.2 Å².